The van der Waals surface area contributed by atoms with Crippen LogP contribution in [0.1, 0.15) is 38.9 Å². The molecule has 1 aromatic rings. The van der Waals surface area contributed by atoms with E-state index in [0.717, 1.165) is 0 Å². The lowest BCUT2D eigenvalue weighted by Gasteiger charge is -2.05. The normalized spacial score (nSPS) is 13.5. The maximum atomic E-state index is 3.97. The van der Waals surface area contributed by atoms with E-state index in [9.17, 15) is 0 Å². The molecule has 1 heterocycles. The van der Waals surface area contributed by atoms with E-state index in [2.05, 4.69) is 31.0 Å². The van der Waals surface area contributed by atoms with Crippen molar-refractivity contribution in [2.75, 3.05) is 0 Å². The van der Waals surface area contributed by atoms with Crippen molar-refractivity contribution in [3.8, 4) is 0 Å². The molecule has 0 fully saturated rings. The van der Waals surface area contributed by atoms with Gasteiger partial charge in [0.2, 0.25) is 0 Å². The molecular formula is C8H16N2. The van der Waals surface area contributed by atoms with Gasteiger partial charge in [0.15, 0.2) is 0 Å². The van der Waals surface area contributed by atoms with Crippen molar-refractivity contribution in [1.29, 1.82) is 0 Å². The molecule has 2 nitrogen and oxygen atoms in total. The minimum Gasteiger partial charge on any atom is -0.282 e. The summed E-state index contributed by atoms with van der Waals surface area (Å²) in [7, 11) is 0. The lowest BCUT2D eigenvalue weighted by molar-refractivity contribution is 0.699. The Bertz CT molecular complexity index is 208. The van der Waals surface area contributed by atoms with Crippen molar-refractivity contribution in [2.24, 2.45) is 0 Å². The number of H-pyrrole nitrogens is 1. The molecular weight excluding hydrogens is 124 g/mol. The molecule has 1 aromatic heterocycles. The van der Waals surface area contributed by atoms with Crippen LogP contribution < -0.4 is 0 Å². The van der Waals surface area contributed by atoms with E-state index < -0.39 is 0 Å². The predicted octanol–water partition coefficient (Wildman–Crippen LogP) is 2.48. The maximum Gasteiger partial charge on any atom is 0.0519 e. The molecule has 0 spiro atoms. The Balaban J connectivity index is 0.000001000. The Labute approximate surface area is 63.1 Å². The zero-order chi connectivity index (χ0) is 7.56. The highest BCUT2D eigenvalue weighted by Gasteiger charge is 2.06. The van der Waals surface area contributed by atoms with Gasteiger partial charge in [-0.3, -0.25) is 5.10 Å². The fraction of sp³-hybridized carbons (Fsp3) is 0.625. The average molecular weight is 140 g/mol. The van der Waals surface area contributed by atoms with Crippen LogP contribution in [0.5, 0.6) is 0 Å². The van der Waals surface area contributed by atoms with Gasteiger partial charge in [-0.2, -0.15) is 5.10 Å². The second-order valence-electron chi connectivity index (χ2n) is 2.78. The van der Waals surface area contributed by atoms with Gasteiger partial charge >= 0.3 is 0 Å². The Kier molecular flexibility index (Phi) is 2.10. The summed E-state index contributed by atoms with van der Waals surface area (Å²) in [6.07, 6.45) is 3.05. The molecule has 0 saturated heterocycles. The fourth-order valence-corrected chi connectivity index (χ4v) is 1.06. The van der Waals surface area contributed by atoms with E-state index in [1.807, 2.05) is 6.20 Å². The molecule has 0 radical (unpaired) electrons. The van der Waals surface area contributed by atoms with Gasteiger partial charge in [-0.1, -0.05) is 13.8 Å². The van der Waals surface area contributed by atoms with Gasteiger partial charge in [0.1, 0.15) is 0 Å². The molecule has 10 heavy (non-hydrogen) atoms. The molecule has 0 aliphatic rings. The smallest absolute Gasteiger partial charge is 0.0519 e. The average Bonchev–Trinajstić information content (AvgIpc) is 2.34. The van der Waals surface area contributed by atoms with Crippen molar-refractivity contribution in [2.45, 2.75) is 33.1 Å². The van der Waals surface area contributed by atoms with Crippen LogP contribution in [0.3, 0.4) is 0 Å². The zero-order valence-electron chi connectivity index (χ0n) is 6.81. The Morgan fingerprint density at radius 3 is 2.90 bits per heavy atom. The van der Waals surface area contributed by atoms with E-state index in [-0.39, 0.29) is 1.43 Å². The first-order chi connectivity index (χ1) is 4.75. The number of hydrogen-bond donors (Lipinski definition) is 1. The van der Waals surface area contributed by atoms with Gasteiger partial charge in [0.05, 0.1) is 6.20 Å². The van der Waals surface area contributed by atoms with Crippen LogP contribution in [0, 0.1) is 6.92 Å². The van der Waals surface area contributed by atoms with E-state index >= 15 is 0 Å². The van der Waals surface area contributed by atoms with Gasteiger partial charge in [0.25, 0.3) is 0 Å². The van der Waals surface area contributed by atoms with Crippen molar-refractivity contribution in [3.63, 3.8) is 0 Å². The lowest BCUT2D eigenvalue weighted by Crippen LogP contribution is -1.93. The summed E-state index contributed by atoms with van der Waals surface area (Å²) in [6.45, 7) is 6.48. The zero-order valence-corrected chi connectivity index (χ0v) is 6.81. The summed E-state index contributed by atoms with van der Waals surface area (Å²) in [4.78, 5) is 0. The number of aromatic amines is 1. The topological polar surface area (TPSA) is 28.7 Å². The summed E-state index contributed by atoms with van der Waals surface area (Å²) < 4.78 is 0. The van der Waals surface area contributed by atoms with Crippen LogP contribution in [0.2, 0.25) is 0 Å². The predicted molar refractivity (Wildman–Crippen MR) is 44.1 cm³/mol. The standard InChI is InChI=1S/C8H14N2.H2/c1-4-6(2)8-7(3)5-9-10-8;/h5-6H,4H2,1-3H3,(H,9,10);1H. The monoisotopic (exact) mass is 140 g/mol. The second kappa shape index (κ2) is 2.86. The van der Waals surface area contributed by atoms with Gasteiger partial charge in [0, 0.05) is 7.12 Å². The molecule has 1 unspecified atom stereocenters. The maximum absolute atomic E-state index is 3.97. The van der Waals surface area contributed by atoms with Crippen LogP contribution in [-0.4, -0.2) is 10.2 Å². The van der Waals surface area contributed by atoms with Gasteiger partial charge in [-0.05, 0) is 24.8 Å². The molecule has 0 bridgehead atoms. The molecule has 0 saturated carbocycles. The van der Waals surface area contributed by atoms with E-state index in [0.29, 0.717) is 5.92 Å². The fourth-order valence-electron chi connectivity index (χ4n) is 1.06. The van der Waals surface area contributed by atoms with Crippen molar-refractivity contribution in [3.05, 3.63) is 17.5 Å². The molecule has 2 heteroatoms. The lowest BCUT2D eigenvalue weighted by atomic mass is 10.0. The Hall–Kier alpha value is -0.790. The summed E-state index contributed by atoms with van der Waals surface area (Å²) >= 11 is 0. The third kappa shape index (κ3) is 1.20. The van der Waals surface area contributed by atoms with E-state index in [1.54, 1.807) is 0 Å². The molecule has 0 amide bonds. The summed E-state index contributed by atoms with van der Waals surface area (Å²) in [5, 5.41) is 6.97. The first kappa shape index (κ1) is 7.32. The number of aryl methyl sites for hydroxylation is 1. The molecule has 58 valence electrons. The third-order valence-corrected chi connectivity index (χ3v) is 1.97. The highest BCUT2D eigenvalue weighted by molar-refractivity contribution is 5.17. The van der Waals surface area contributed by atoms with Crippen LogP contribution in [0.15, 0.2) is 6.20 Å². The molecule has 1 rings (SSSR count). The highest BCUT2D eigenvalue weighted by atomic mass is 15.1. The Morgan fingerprint density at radius 2 is 2.50 bits per heavy atom. The van der Waals surface area contributed by atoms with Crippen LogP contribution in [-0.2, 0) is 0 Å². The minimum atomic E-state index is 0. The number of hydrogen-bond acceptors (Lipinski definition) is 1. The first-order valence-corrected chi connectivity index (χ1v) is 3.75. The first-order valence-electron chi connectivity index (χ1n) is 3.75. The molecule has 1 N–H and O–H groups in total. The van der Waals surface area contributed by atoms with E-state index in [1.165, 1.54) is 17.7 Å². The number of nitrogens with zero attached hydrogens (tertiary/aromatic N) is 1. The van der Waals surface area contributed by atoms with Crippen molar-refractivity contribution >= 4 is 0 Å². The number of rotatable bonds is 2. The van der Waals surface area contributed by atoms with Crippen molar-refractivity contribution in [1.82, 2.24) is 10.2 Å². The summed E-state index contributed by atoms with van der Waals surface area (Å²) in [5.74, 6) is 0.613. The highest BCUT2D eigenvalue weighted by Crippen LogP contribution is 2.18. The van der Waals surface area contributed by atoms with Gasteiger partial charge in [-0.15, -0.1) is 0 Å². The Morgan fingerprint density at radius 1 is 1.80 bits per heavy atom. The van der Waals surface area contributed by atoms with Crippen LogP contribution >= 0.6 is 0 Å². The van der Waals surface area contributed by atoms with Crippen LogP contribution in [0.25, 0.3) is 0 Å². The molecule has 0 aromatic carbocycles. The van der Waals surface area contributed by atoms with Crippen LogP contribution in [0.4, 0.5) is 0 Å². The SMILES string of the molecule is CCC(C)c1[nH]ncc1C.[HH]. The molecule has 1 atom stereocenters. The minimum absolute atomic E-state index is 0. The summed E-state index contributed by atoms with van der Waals surface area (Å²) in [5.41, 5.74) is 2.55. The quantitative estimate of drug-likeness (QED) is 0.671. The molecule has 0 aliphatic heterocycles. The third-order valence-electron chi connectivity index (χ3n) is 1.97. The van der Waals surface area contributed by atoms with Crippen molar-refractivity contribution < 1.29 is 1.43 Å². The summed E-state index contributed by atoms with van der Waals surface area (Å²) in [6, 6.07) is 0. The largest absolute Gasteiger partial charge is 0.282 e. The van der Waals surface area contributed by atoms with Gasteiger partial charge < -0.3 is 0 Å². The van der Waals surface area contributed by atoms with E-state index in [4.69, 9.17) is 0 Å². The second-order valence-corrected chi connectivity index (χ2v) is 2.78. The van der Waals surface area contributed by atoms with Gasteiger partial charge in [-0.25, -0.2) is 0 Å². The molecule has 0 aliphatic carbocycles. The number of nitrogens with one attached hydrogen (secondary N) is 1. The number of aromatic nitrogens is 2.